The summed E-state index contributed by atoms with van der Waals surface area (Å²) < 4.78 is 14.7. The minimum atomic E-state index is -0.488. The SMILES string of the molecule is O=c1nc2s/c(=C\c3ccc4ccccc4c3)c(=O)n2nc1Cc1ccc(F)cc1. The predicted molar refractivity (Wildman–Crippen MR) is 115 cm³/mol. The molecule has 0 N–H and O–H groups in total. The molecule has 2 heterocycles. The lowest BCUT2D eigenvalue weighted by Crippen LogP contribution is -2.28. The van der Waals surface area contributed by atoms with Gasteiger partial charge in [0.15, 0.2) is 0 Å². The Morgan fingerprint density at radius 3 is 2.53 bits per heavy atom. The van der Waals surface area contributed by atoms with E-state index in [-0.39, 0.29) is 28.5 Å². The van der Waals surface area contributed by atoms with Gasteiger partial charge >= 0.3 is 0 Å². The first-order chi connectivity index (χ1) is 14.6. The third kappa shape index (κ3) is 3.40. The average Bonchev–Trinajstić information content (AvgIpc) is 3.04. The van der Waals surface area contributed by atoms with E-state index in [9.17, 15) is 14.0 Å². The Balaban J connectivity index is 1.59. The molecule has 30 heavy (non-hydrogen) atoms. The number of aromatic nitrogens is 3. The van der Waals surface area contributed by atoms with Crippen LogP contribution in [0.4, 0.5) is 4.39 Å². The van der Waals surface area contributed by atoms with Gasteiger partial charge in [-0.1, -0.05) is 59.9 Å². The van der Waals surface area contributed by atoms with E-state index >= 15 is 0 Å². The summed E-state index contributed by atoms with van der Waals surface area (Å²) in [6, 6.07) is 19.7. The zero-order valence-electron chi connectivity index (χ0n) is 15.6. The van der Waals surface area contributed by atoms with Crippen LogP contribution < -0.4 is 15.7 Å². The summed E-state index contributed by atoms with van der Waals surface area (Å²) in [6.45, 7) is 0. The fourth-order valence-corrected chi connectivity index (χ4v) is 4.20. The van der Waals surface area contributed by atoms with Gasteiger partial charge in [0, 0.05) is 6.42 Å². The van der Waals surface area contributed by atoms with Gasteiger partial charge in [-0.2, -0.15) is 14.6 Å². The number of benzene rings is 3. The van der Waals surface area contributed by atoms with Crippen LogP contribution in [0.5, 0.6) is 0 Å². The number of hydrogen-bond acceptors (Lipinski definition) is 5. The highest BCUT2D eigenvalue weighted by atomic mass is 32.1. The molecule has 7 heteroatoms. The first-order valence-electron chi connectivity index (χ1n) is 9.24. The summed E-state index contributed by atoms with van der Waals surface area (Å²) in [5, 5.41) is 6.42. The van der Waals surface area contributed by atoms with Crippen LogP contribution in [0.3, 0.4) is 0 Å². The predicted octanol–water partition coefficient (Wildman–Crippen LogP) is 2.94. The van der Waals surface area contributed by atoms with Crippen LogP contribution in [0.25, 0.3) is 21.8 Å². The van der Waals surface area contributed by atoms with Crippen LogP contribution in [-0.4, -0.2) is 14.6 Å². The topological polar surface area (TPSA) is 64.3 Å². The van der Waals surface area contributed by atoms with Crippen LogP contribution in [0.15, 0.2) is 76.3 Å². The van der Waals surface area contributed by atoms with Crippen molar-refractivity contribution in [1.29, 1.82) is 0 Å². The van der Waals surface area contributed by atoms with Crippen LogP contribution in [0, 0.1) is 5.82 Å². The van der Waals surface area contributed by atoms with Gasteiger partial charge < -0.3 is 0 Å². The highest BCUT2D eigenvalue weighted by molar-refractivity contribution is 7.15. The Bertz CT molecular complexity index is 1570. The molecule has 2 aromatic heterocycles. The molecule has 5 rings (SSSR count). The summed E-state index contributed by atoms with van der Waals surface area (Å²) in [5.41, 5.74) is 0.931. The van der Waals surface area contributed by atoms with Gasteiger partial charge in [-0.25, -0.2) is 4.39 Å². The molecular weight excluding hydrogens is 401 g/mol. The van der Waals surface area contributed by atoms with E-state index < -0.39 is 5.56 Å². The zero-order chi connectivity index (χ0) is 20.7. The Kier molecular flexibility index (Phi) is 4.44. The van der Waals surface area contributed by atoms with Crippen molar-refractivity contribution in [3.05, 3.63) is 115 Å². The first kappa shape index (κ1) is 18.3. The van der Waals surface area contributed by atoms with Gasteiger partial charge in [0.1, 0.15) is 11.5 Å². The molecule has 5 nitrogen and oxygen atoms in total. The van der Waals surface area contributed by atoms with Crippen molar-refractivity contribution >= 4 is 33.1 Å². The molecule has 0 amide bonds. The van der Waals surface area contributed by atoms with Gasteiger partial charge in [-0.3, -0.25) is 9.59 Å². The van der Waals surface area contributed by atoms with E-state index in [1.54, 1.807) is 18.2 Å². The summed E-state index contributed by atoms with van der Waals surface area (Å²) in [4.78, 5) is 29.5. The third-order valence-corrected chi connectivity index (χ3v) is 5.77. The molecule has 0 bridgehead atoms. The average molecular weight is 415 g/mol. The molecular formula is C23H14FN3O2S. The smallest absolute Gasteiger partial charge is 0.266 e. The normalized spacial score (nSPS) is 12.1. The standard InChI is InChI=1S/C23H14FN3O2S/c24-18-9-6-14(7-10-18)12-19-21(28)25-23-27(26-19)22(29)20(30-23)13-15-5-8-16-3-1-2-4-17(16)11-15/h1-11,13H,12H2/b20-13-. The monoisotopic (exact) mass is 415 g/mol. The van der Waals surface area contributed by atoms with Crippen molar-refractivity contribution in [2.24, 2.45) is 0 Å². The van der Waals surface area contributed by atoms with E-state index in [4.69, 9.17) is 0 Å². The summed E-state index contributed by atoms with van der Waals surface area (Å²) in [7, 11) is 0. The van der Waals surface area contributed by atoms with Crippen LogP contribution in [-0.2, 0) is 6.42 Å². The van der Waals surface area contributed by atoms with Gasteiger partial charge in [-0.15, -0.1) is 0 Å². The van der Waals surface area contributed by atoms with Crippen molar-refractivity contribution in [1.82, 2.24) is 14.6 Å². The second-order valence-corrected chi connectivity index (χ2v) is 7.89. The molecule has 0 unspecified atom stereocenters. The molecule has 0 aliphatic heterocycles. The fourth-order valence-electron chi connectivity index (χ4n) is 3.30. The molecule has 0 radical (unpaired) electrons. The molecule has 0 atom stereocenters. The quantitative estimate of drug-likeness (QED) is 0.455. The number of hydrogen-bond donors (Lipinski definition) is 0. The van der Waals surface area contributed by atoms with Crippen molar-refractivity contribution < 1.29 is 4.39 Å². The third-order valence-electron chi connectivity index (χ3n) is 4.81. The molecule has 3 aromatic carbocycles. The minimum Gasteiger partial charge on any atom is -0.266 e. The molecule has 5 aromatic rings. The van der Waals surface area contributed by atoms with Crippen molar-refractivity contribution in [3.63, 3.8) is 0 Å². The van der Waals surface area contributed by atoms with Gasteiger partial charge in [-0.05, 0) is 46.2 Å². The van der Waals surface area contributed by atoms with E-state index in [0.717, 1.165) is 32.2 Å². The number of fused-ring (bicyclic) bond motifs is 2. The number of nitrogens with zero attached hydrogens (tertiary/aromatic N) is 3. The van der Waals surface area contributed by atoms with Crippen molar-refractivity contribution in [3.8, 4) is 0 Å². The molecule has 0 aliphatic carbocycles. The summed E-state index contributed by atoms with van der Waals surface area (Å²) >= 11 is 1.13. The van der Waals surface area contributed by atoms with E-state index in [0.29, 0.717) is 10.1 Å². The minimum absolute atomic E-state index is 0.145. The Morgan fingerprint density at radius 1 is 0.967 bits per heavy atom. The van der Waals surface area contributed by atoms with Crippen LogP contribution in [0.2, 0.25) is 0 Å². The zero-order valence-corrected chi connectivity index (χ0v) is 16.4. The molecule has 0 saturated heterocycles. The van der Waals surface area contributed by atoms with Crippen molar-refractivity contribution in [2.45, 2.75) is 6.42 Å². The molecule has 0 fully saturated rings. The lowest BCUT2D eigenvalue weighted by molar-refractivity contribution is 0.627. The number of rotatable bonds is 3. The second kappa shape index (κ2) is 7.27. The highest BCUT2D eigenvalue weighted by Gasteiger charge is 2.12. The maximum Gasteiger partial charge on any atom is 0.296 e. The van der Waals surface area contributed by atoms with Gasteiger partial charge in [0.25, 0.3) is 11.1 Å². The maximum absolute atomic E-state index is 13.1. The Labute approximate surface area is 173 Å². The second-order valence-electron chi connectivity index (χ2n) is 6.88. The Hall–Kier alpha value is -3.71. The van der Waals surface area contributed by atoms with E-state index in [2.05, 4.69) is 10.1 Å². The summed E-state index contributed by atoms with van der Waals surface area (Å²) in [6.07, 6.45) is 1.95. The molecule has 0 aliphatic rings. The van der Waals surface area contributed by atoms with Crippen molar-refractivity contribution in [2.75, 3.05) is 0 Å². The summed E-state index contributed by atoms with van der Waals surface area (Å²) in [5.74, 6) is -0.356. The van der Waals surface area contributed by atoms with Gasteiger partial charge in [0.05, 0.1) is 4.53 Å². The Morgan fingerprint density at radius 2 is 1.73 bits per heavy atom. The first-order valence-corrected chi connectivity index (χ1v) is 10.1. The van der Waals surface area contributed by atoms with Crippen LogP contribution in [0.1, 0.15) is 16.8 Å². The fraction of sp³-hybridized carbons (Fsp3) is 0.0435. The highest BCUT2D eigenvalue weighted by Crippen LogP contribution is 2.16. The number of halogens is 1. The van der Waals surface area contributed by atoms with Gasteiger partial charge in [0.2, 0.25) is 4.96 Å². The maximum atomic E-state index is 13.1. The lowest BCUT2D eigenvalue weighted by Gasteiger charge is -2.00. The number of thiazole rings is 1. The molecule has 0 spiro atoms. The van der Waals surface area contributed by atoms with E-state index in [1.165, 1.54) is 12.1 Å². The van der Waals surface area contributed by atoms with E-state index in [1.807, 2.05) is 42.5 Å². The molecule has 146 valence electrons. The largest absolute Gasteiger partial charge is 0.296 e. The van der Waals surface area contributed by atoms with Crippen LogP contribution >= 0.6 is 11.3 Å². The molecule has 0 saturated carbocycles. The lowest BCUT2D eigenvalue weighted by atomic mass is 10.1.